The minimum absolute atomic E-state index is 0.487. The summed E-state index contributed by atoms with van der Waals surface area (Å²) in [5.74, 6) is 1.14. The van der Waals surface area contributed by atoms with Crippen molar-refractivity contribution < 1.29 is 4.79 Å². The van der Waals surface area contributed by atoms with Gasteiger partial charge in [-0.15, -0.1) is 0 Å². The molecule has 0 aliphatic carbocycles. The van der Waals surface area contributed by atoms with E-state index in [1.807, 2.05) is 6.20 Å². The summed E-state index contributed by atoms with van der Waals surface area (Å²) in [5, 5.41) is 3.44. The smallest absolute Gasteiger partial charge is 0.133 e. The van der Waals surface area contributed by atoms with Gasteiger partial charge in [-0.3, -0.25) is 9.89 Å². The van der Waals surface area contributed by atoms with Crippen molar-refractivity contribution in [1.82, 2.24) is 4.90 Å². The third kappa shape index (κ3) is 3.75. The van der Waals surface area contributed by atoms with Crippen LogP contribution in [0.2, 0.25) is 0 Å². The van der Waals surface area contributed by atoms with Gasteiger partial charge in [-0.05, 0) is 61.1 Å². The lowest BCUT2D eigenvalue weighted by Gasteiger charge is -2.22. The number of allylic oxidation sites excluding steroid dienone is 1. The molecule has 138 valence electrons. The van der Waals surface area contributed by atoms with Gasteiger partial charge in [0.25, 0.3) is 0 Å². The standard InChI is InChI=1S/C22H29N3O/c1-16-6-8-23-20(12-16)3-4-21-14-19(15-25(21)10-11-26)17-2-5-22-18(13-17)7-9-24-22/h2,5-6,8,11,13,16,19,21,24H,3-4,7,9-10,12,14-15H2,1H3. The van der Waals surface area contributed by atoms with Gasteiger partial charge < -0.3 is 10.1 Å². The average molecular weight is 351 g/mol. The number of hydrogen-bond donors (Lipinski definition) is 1. The summed E-state index contributed by atoms with van der Waals surface area (Å²) in [6, 6.07) is 7.39. The first-order valence-electron chi connectivity index (χ1n) is 9.99. The number of carbonyl (C=O) groups excluding carboxylic acids is 1. The van der Waals surface area contributed by atoms with Crippen LogP contribution in [0.4, 0.5) is 5.69 Å². The summed E-state index contributed by atoms with van der Waals surface area (Å²) >= 11 is 0. The molecule has 0 aromatic heterocycles. The van der Waals surface area contributed by atoms with Crippen molar-refractivity contribution in [3.63, 3.8) is 0 Å². The van der Waals surface area contributed by atoms with E-state index in [0.717, 1.165) is 51.5 Å². The van der Waals surface area contributed by atoms with E-state index in [0.29, 0.717) is 24.4 Å². The molecule has 0 radical (unpaired) electrons. The fraction of sp³-hybridized carbons (Fsp3) is 0.545. The molecule has 4 rings (SSSR count). The predicted octanol–water partition coefficient (Wildman–Crippen LogP) is 3.79. The Hall–Kier alpha value is -1.94. The highest BCUT2D eigenvalue weighted by atomic mass is 16.1. The van der Waals surface area contributed by atoms with E-state index in [1.165, 1.54) is 22.5 Å². The zero-order chi connectivity index (χ0) is 17.9. The lowest BCUT2D eigenvalue weighted by atomic mass is 9.92. The number of likely N-dealkylation sites (tertiary alicyclic amines) is 1. The first-order chi connectivity index (χ1) is 12.7. The molecular formula is C22H29N3O. The Labute approximate surface area is 156 Å². The lowest BCUT2D eigenvalue weighted by Crippen LogP contribution is -2.31. The van der Waals surface area contributed by atoms with E-state index in [2.05, 4.69) is 46.4 Å². The van der Waals surface area contributed by atoms with Gasteiger partial charge in [0.2, 0.25) is 0 Å². The summed E-state index contributed by atoms with van der Waals surface area (Å²) in [7, 11) is 0. The normalized spacial score (nSPS) is 27.9. The van der Waals surface area contributed by atoms with Crippen LogP contribution in [0.25, 0.3) is 0 Å². The van der Waals surface area contributed by atoms with Gasteiger partial charge in [0.15, 0.2) is 0 Å². The Balaban J connectivity index is 1.42. The molecule has 1 saturated heterocycles. The maximum absolute atomic E-state index is 11.2. The van der Waals surface area contributed by atoms with Crippen LogP contribution in [0.5, 0.6) is 0 Å². The molecule has 4 nitrogen and oxygen atoms in total. The minimum atomic E-state index is 0.487. The molecule has 0 amide bonds. The first-order valence-corrected chi connectivity index (χ1v) is 9.99. The van der Waals surface area contributed by atoms with E-state index in [9.17, 15) is 4.79 Å². The lowest BCUT2D eigenvalue weighted by molar-refractivity contribution is -0.109. The van der Waals surface area contributed by atoms with Gasteiger partial charge in [-0.1, -0.05) is 25.1 Å². The van der Waals surface area contributed by atoms with Crippen molar-refractivity contribution in [3.8, 4) is 0 Å². The van der Waals surface area contributed by atoms with Gasteiger partial charge in [-0.2, -0.15) is 0 Å². The van der Waals surface area contributed by atoms with Crippen LogP contribution < -0.4 is 5.32 Å². The fourth-order valence-electron chi connectivity index (χ4n) is 4.71. The van der Waals surface area contributed by atoms with Crippen LogP contribution in [0.3, 0.4) is 0 Å². The van der Waals surface area contributed by atoms with Crippen molar-refractivity contribution >= 4 is 17.7 Å². The number of rotatable bonds is 6. The molecule has 0 saturated carbocycles. The number of nitrogens with zero attached hydrogens (tertiary/aromatic N) is 2. The molecule has 1 aromatic carbocycles. The maximum atomic E-state index is 11.2. The van der Waals surface area contributed by atoms with Crippen LogP contribution in [0.15, 0.2) is 35.5 Å². The number of aliphatic imine (C=N–C) groups is 1. The van der Waals surface area contributed by atoms with Gasteiger partial charge in [0.1, 0.15) is 6.29 Å². The Morgan fingerprint density at radius 2 is 2.31 bits per heavy atom. The molecule has 1 aromatic rings. The molecule has 3 aliphatic heterocycles. The molecule has 3 unspecified atom stereocenters. The third-order valence-electron chi connectivity index (χ3n) is 6.14. The van der Waals surface area contributed by atoms with Crippen molar-refractivity contribution in [2.45, 2.75) is 51.0 Å². The van der Waals surface area contributed by atoms with Crippen molar-refractivity contribution in [2.75, 3.05) is 25.0 Å². The van der Waals surface area contributed by atoms with Crippen LogP contribution >= 0.6 is 0 Å². The number of aldehydes is 1. The van der Waals surface area contributed by atoms with Crippen LogP contribution in [0, 0.1) is 5.92 Å². The number of nitrogens with one attached hydrogen (secondary N) is 1. The van der Waals surface area contributed by atoms with Gasteiger partial charge in [0, 0.05) is 36.7 Å². The van der Waals surface area contributed by atoms with Crippen molar-refractivity contribution in [1.29, 1.82) is 0 Å². The number of anilines is 1. The predicted molar refractivity (Wildman–Crippen MR) is 107 cm³/mol. The van der Waals surface area contributed by atoms with Crippen LogP contribution in [-0.4, -0.2) is 42.6 Å². The van der Waals surface area contributed by atoms with E-state index >= 15 is 0 Å². The second kappa shape index (κ2) is 7.75. The molecular weight excluding hydrogens is 322 g/mol. The quantitative estimate of drug-likeness (QED) is 0.793. The average Bonchev–Trinajstić information content (AvgIpc) is 3.26. The van der Waals surface area contributed by atoms with Crippen LogP contribution in [-0.2, 0) is 11.2 Å². The van der Waals surface area contributed by atoms with E-state index < -0.39 is 0 Å². The van der Waals surface area contributed by atoms with E-state index in [1.54, 1.807) is 0 Å². The number of fused-ring (bicyclic) bond motifs is 1. The van der Waals surface area contributed by atoms with Gasteiger partial charge in [-0.25, -0.2) is 0 Å². The topological polar surface area (TPSA) is 44.7 Å². The molecule has 3 aliphatic rings. The van der Waals surface area contributed by atoms with E-state index in [-0.39, 0.29) is 0 Å². The fourth-order valence-corrected chi connectivity index (χ4v) is 4.71. The summed E-state index contributed by atoms with van der Waals surface area (Å²) < 4.78 is 0. The maximum Gasteiger partial charge on any atom is 0.133 e. The molecule has 1 N–H and O–H groups in total. The summed E-state index contributed by atoms with van der Waals surface area (Å²) in [6.07, 6.45) is 10.7. The van der Waals surface area contributed by atoms with Gasteiger partial charge >= 0.3 is 0 Å². The Morgan fingerprint density at radius 1 is 1.38 bits per heavy atom. The molecule has 26 heavy (non-hydrogen) atoms. The van der Waals surface area contributed by atoms with Crippen molar-refractivity contribution in [2.24, 2.45) is 10.9 Å². The minimum Gasteiger partial charge on any atom is -0.384 e. The molecule has 3 atom stereocenters. The second-order valence-electron chi connectivity index (χ2n) is 8.06. The number of carbonyl (C=O) groups is 1. The van der Waals surface area contributed by atoms with Gasteiger partial charge in [0.05, 0.1) is 6.54 Å². The summed E-state index contributed by atoms with van der Waals surface area (Å²) in [4.78, 5) is 18.1. The molecule has 3 heterocycles. The summed E-state index contributed by atoms with van der Waals surface area (Å²) in [5.41, 5.74) is 5.51. The zero-order valence-corrected chi connectivity index (χ0v) is 15.7. The largest absolute Gasteiger partial charge is 0.384 e. The SMILES string of the molecule is CC1C=CN=C(CCC2CC(c3ccc4c(c3)CCN4)CN2CC=O)C1. The summed E-state index contributed by atoms with van der Waals surface area (Å²) in [6.45, 7) is 4.85. The number of benzene rings is 1. The highest BCUT2D eigenvalue weighted by Gasteiger charge is 2.33. The monoisotopic (exact) mass is 351 g/mol. The van der Waals surface area contributed by atoms with E-state index in [4.69, 9.17) is 0 Å². The first kappa shape index (κ1) is 17.5. The molecule has 1 fully saturated rings. The Bertz CT molecular complexity index is 724. The Morgan fingerprint density at radius 3 is 3.15 bits per heavy atom. The highest BCUT2D eigenvalue weighted by molar-refractivity contribution is 5.86. The Kier molecular flexibility index (Phi) is 5.21. The molecule has 4 heteroatoms. The molecule has 0 spiro atoms. The number of hydrogen-bond acceptors (Lipinski definition) is 4. The highest BCUT2D eigenvalue weighted by Crippen LogP contribution is 2.36. The van der Waals surface area contributed by atoms with Crippen molar-refractivity contribution in [3.05, 3.63) is 41.6 Å². The van der Waals surface area contributed by atoms with Crippen LogP contribution in [0.1, 0.15) is 49.7 Å². The second-order valence-corrected chi connectivity index (χ2v) is 8.06. The molecule has 0 bridgehead atoms. The third-order valence-corrected chi connectivity index (χ3v) is 6.14. The zero-order valence-electron chi connectivity index (χ0n) is 15.7.